The molecule has 188 valence electrons. The predicted octanol–water partition coefficient (Wildman–Crippen LogP) is 4.21. The van der Waals surface area contributed by atoms with Crippen molar-refractivity contribution >= 4 is 63.8 Å². The summed E-state index contributed by atoms with van der Waals surface area (Å²) < 4.78 is 5.63. The number of methoxy groups -OCH3 is 1. The number of hydrogen-bond donors (Lipinski definition) is 3. The third-order valence-corrected chi connectivity index (χ3v) is 6.67. The molecule has 36 heavy (non-hydrogen) atoms. The number of amides is 1. The van der Waals surface area contributed by atoms with Crippen LogP contribution in [0.2, 0.25) is 10.0 Å². The van der Waals surface area contributed by atoms with E-state index in [1.165, 1.54) is 6.20 Å². The Hall–Kier alpha value is -3.34. The van der Waals surface area contributed by atoms with Gasteiger partial charge in [0.2, 0.25) is 11.9 Å². The third-order valence-electron chi connectivity index (χ3n) is 6.09. The summed E-state index contributed by atoms with van der Waals surface area (Å²) in [5.41, 5.74) is 2.17. The largest absolute Gasteiger partial charge is 0.494 e. The highest BCUT2D eigenvalue weighted by atomic mass is 35.5. The van der Waals surface area contributed by atoms with Crippen LogP contribution in [0.5, 0.6) is 5.75 Å². The van der Waals surface area contributed by atoms with E-state index in [-0.39, 0.29) is 5.91 Å². The van der Waals surface area contributed by atoms with Crippen LogP contribution >= 0.6 is 23.2 Å². The molecule has 0 bridgehead atoms. The number of piperazine rings is 1. The van der Waals surface area contributed by atoms with Crippen LogP contribution in [0.3, 0.4) is 0 Å². The molecule has 12 heteroatoms. The van der Waals surface area contributed by atoms with E-state index in [1.54, 1.807) is 30.3 Å². The number of aromatic nitrogens is 3. The van der Waals surface area contributed by atoms with Gasteiger partial charge in [-0.3, -0.25) is 9.69 Å². The maximum Gasteiger partial charge on any atom is 0.229 e. The van der Waals surface area contributed by atoms with E-state index >= 15 is 0 Å². The summed E-state index contributed by atoms with van der Waals surface area (Å²) in [5, 5.41) is 10.7. The fraction of sp³-hybridized carbons (Fsp3) is 0.333. The molecule has 2 aliphatic rings. The van der Waals surface area contributed by atoms with Gasteiger partial charge in [-0.05, 0) is 24.6 Å². The standard InChI is InChI=1S/C24H26Cl2N8O2/c1-36-20-13-19(33-10-7-27-8-11-33)15(25)12-18(20)31-24-29-14-16(26)22(32-24)30-17-4-2-6-28-23(17)34-9-3-5-21(34)35/h2,4,6,12-14,27H,3,5,7-11H2,1H3,(H2,29,30,31,32). The average molecular weight is 529 g/mol. The van der Waals surface area contributed by atoms with Gasteiger partial charge in [0.05, 0.1) is 35.4 Å². The van der Waals surface area contributed by atoms with Crippen molar-refractivity contribution < 1.29 is 9.53 Å². The lowest BCUT2D eigenvalue weighted by Gasteiger charge is -2.30. The van der Waals surface area contributed by atoms with E-state index in [0.29, 0.717) is 57.7 Å². The number of carbonyl (C=O) groups excluding carboxylic acids is 1. The van der Waals surface area contributed by atoms with Crippen LogP contribution in [0, 0.1) is 0 Å². The SMILES string of the molecule is COc1cc(N2CCNCC2)c(Cl)cc1Nc1ncc(Cl)c(Nc2cccnc2N2CCCC2=O)n1. The average Bonchev–Trinajstić information content (AvgIpc) is 3.32. The molecule has 2 aliphatic heterocycles. The smallest absolute Gasteiger partial charge is 0.229 e. The molecule has 10 nitrogen and oxygen atoms in total. The molecule has 2 aromatic heterocycles. The number of nitrogens with one attached hydrogen (secondary N) is 3. The molecule has 1 amide bonds. The van der Waals surface area contributed by atoms with Crippen LogP contribution in [0.1, 0.15) is 12.8 Å². The van der Waals surface area contributed by atoms with Gasteiger partial charge >= 0.3 is 0 Å². The number of carbonyl (C=O) groups is 1. The first-order valence-corrected chi connectivity index (χ1v) is 12.4. The van der Waals surface area contributed by atoms with Gasteiger partial charge in [-0.1, -0.05) is 23.2 Å². The second kappa shape index (κ2) is 10.7. The molecule has 0 spiro atoms. The molecule has 3 aromatic rings. The number of hydrogen-bond acceptors (Lipinski definition) is 9. The summed E-state index contributed by atoms with van der Waals surface area (Å²) >= 11 is 13.0. The number of benzene rings is 1. The molecule has 0 unspecified atom stereocenters. The van der Waals surface area contributed by atoms with Crippen LogP contribution in [-0.4, -0.2) is 60.7 Å². The Morgan fingerprint density at radius 1 is 1.06 bits per heavy atom. The lowest BCUT2D eigenvalue weighted by atomic mass is 10.2. The van der Waals surface area contributed by atoms with Crippen LogP contribution < -0.4 is 30.5 Å². The van der Waals surface area contributed by atoms with E-state index in [4.69, 9.17) is 27.9 Å². The summed E-state index contributed by atoms with van der Waals surface area (Å²) in [6, 6.07) is 7.34. The normalized spacial score (nSPS) is 15.8. The Morgan fingerprint density at radius 2 is 1.89 bits per heavy atom. The van der Waals surface area contributed by atoms with Crippen molar-refractivity contribution in [2.24, 2.45) is 0 Å². The number of ether oxygens (including phenoxy) is 1. The van der Waals surface area contributed by atoms with E-state index in [2.05, 4.69) is 35.8 Å². The van der Waals surface area contributed by atoms with Crippen molar-refractivity contribution in [3.05, 3.63) is 46.7 Å². The molecular formula is C24H26Cl2N8O2. The first-order valence-electron chi connectivity index (χ1n) is 11.7. The lowest BCUT2D eigenvalue weighted by molar-refractivity contribution is -0.117. The Kier molecular flexibility index (Phi) is 7.26. The molecule has 0 aliphatic carbocycles. The monoisotopic (exact) mass is 528 g/mol. The van der Waals surface area contributed by atoms with Crippen molar-refractivity contribution in [2.45, 2.75) is 12.8 Å². The molecule has 3 N–H and O–H groups in total. The van der Waals surface area contributed by atoms with Crippen LogP contribution in [0.15, 0.2) is 36.7 Å². The van der Waals surface area contributed by atoms with Gasteiger partial charge in [0.15, 0.2) is 11.6 Å². The van der Waals surface area contributed by atoms with Gasteiger partial charge < -0.3 is 25.6 Å². The highest BCUT2D eigenvalue weighted by Gasteiger charge is 2.25. The van der Waals surface area contributed by atoms with Crippen molar-refractivity contribution in [1.82, 2.24) is 20.3 Å². The zero-order valence-electron chi connectivity index (χ0n) is 19.7. The number of pyridine rings is 1. The van der Waals surface area contributed by atoms with Crippen molar-refractivity contribution in [1.29, 1.82) is 0 Å². The van der Waals surface area contributed by atoms with Gasteiger partial charge in [-0.15, -0.1) is 0 Å². The van der Waals surface area contributed by atoms with Crippen molar-refractivity contribution in [3.63, 3.8) is 0 Å². The minimum atomic E-state index is 0.0427. The topological polar surface area (TPSA) is 108 Å². The van der Waals surface area contributed by atoms with Crippen LogP contribution in [0.4, 0.5) is 34.6 Å². The Labute approximate surface area is 219 Å². The van der Waals surface area contributed by atoms with Gasteiger partial charge in [0, 0.05) is 51.4 Å². The van der Waals surface area contributed by atoms with Gasteiger partial charge in [-0.2, -0.15) is 4.98 Å². The molecular weight excluding hydrogens is 503 g/mol. The highest BCUT2D eigenvalue weighted by molar-refractivity contribution is 6.34. The molecule has 1 aromatic carbocycles. The molecule has 4 heterocycles. The number of rotatable bonds is 7. The van der Waals surface area contributed by atoms with Crippen LogP contribution in [0.25, 0.3) is 0 Å². The van der Waals surface area contributed by atoms with E-state index in [9.17, 15) is 4.79 Å². The molecule has 0 radical (unpaired) electrons. The fourth-order valence-corrected chi connectivity index (χ4v) is 4.72. The molecule has 2 saturated heterocycles. The maximum atomic E-state index is 12.3. The third kappa shape index (κ3) is 5.11. The minimum absolute atomic E-state index is 0.0427. The van der Waals surface area contributed by atoms with E-state index in [0.717, 1.165) is 38.3 Å². The number of halogens is 2. The molecule has 0 atom stereocenters. The van der Waals surface area contributed by atoms with Gasteiger partial charge in [0.25, 0.3) is 0 Å². The van der Waals surface area contributed by atoms with Crippen molar-refractivity contribution in [2.75, 3.05) is 60.3 Å². The number of nitrogens with zero attached hydrogens (tertiary/aromatic N) is 5. The summed E-state index contributed by atoms with van der Waals surface area (Å²) in [4.78, 5) is 29.5. The lowest BCUT2D eigenvalue weighted by Crippen LogP contribution is -2.43. The zero-order valence-corrected chi connectivity index (χ0v) is 21.2. The first-order chi connectivity index (χ1) is 17.5. The second-order valence-corrected chi connectivity index (χ2v) is 9.22. The predicted molar refractivity (Wildman–Crippen MR) is 143 cm³/mol. The first kappa shape index (κ1) is 24.4. The van der Waals surface area contributed by atoms with E-state index in [1.807, 2.05) is 12.1 Å². The summed E-state index contributed by atoms with van der Waals surface area (Å²) in [7, 11) is 1.61. The Morgan fingerprint density at radius 3 is 2.64 bits per heavy atom. The Bertz CT molecular complexity index is 1270. The van der Waals surface area contributed by atoms with Crippen molar-refractivity contribution in [3.8, 4) is 5.75 Å². The summed E-state index contributed by atoms with van der Waals surface area (Å²) in [6.07, 6.45) is 4.46. The minimum Gasteiger partial charge on any atom is -0.494 e. The molecule has 2 fully saturated rings. The quantitative estimate of drug-likeness (QED) is 0.415. The van der Waals surface area contributed by atoms with Crippen LogP contribution in [-0.2, 0) is 4.79 Å². The maximum absolute atomic E-state index is 12.3. The summed E-state index contributed by atoms with van der Waals surface area (Å²) in [5.74, 6) is 1.87. The molecule has 0 saturated carbocycles. The highest BCUT2D eigenvalue weighted by Crippen LogP contribution is 2.38. The van der Waals surface area contributed by atoms with E-state index < -0.39 is 0 Å². The second-order valence-electron chi connectivity index (χ2n) is 8.40. The fourth-order valence-electron chi connectivity index (χ4n) is 4.30. The molecule has 5 rings (SSSR count). The van der Waals surface area contributed by atoms with Gasteiger partial charge in [0.1, 0.15) is 10.8 Å². The van der Waals surface area contributed by atoms with Gasteiger partial charge in [-0.25, -0.2) is 9.97 Å². The number of anilines is 6. The summed E-state index contributed by atoms with van der Waals surface area (Å²) in [6.45, 7) is 4.16. The zero-order chi connectivity index (χ0) is 25.1. The Balaban J connectivity index is 1.40.